The molecule has 150 valence electrons. The number of para-hydroxylation sites is 2. The third-order valence-electron chi connectivity index (χ3n) is 5.87. The Labute approximate surface area is 177 Å². The summed E-state index contributed by atoms with van der Waals surface area (Å²) in [6, 6.07) is 14.7. The third kappa shape index (κ3) is 2.64. The molecule has 30 heavy (non-hydrogen) atoms. The maximum absolute atomic E-state index is 5.02. The fourth-order valence-electron chi connectivity index (χ4n) is 4.49. The molecule has 5 heterocycles. The van der Waals surface area contributed by atoms with E-state index in [4.69, 9.17) is 10.1 Å². The van der Waals surface area contributed by atoms with Gasteiger partial charge in [0.05, 0.1) is 17.1 Å². The second-order valence-electron chi connectivity index (χ2n) is 7.55. The molecule has 1 fully saturated rings. The van der Waals surface area contributed by atoms with Crippen LogP contribution in [0.2, 0.25) is 0 Å². The van der Waals surface area contributed by atoms with Gasteiger partial charge in [0.1, 0.15) is 11.6 Å². The number of aromatic nitrogens is 6. The van der Waals surface area contributed by atoms with Gasteiger partial charge in [-0.3, -0.25) is 0 Å². The molecule has 0 aliphatic carbocycles. The first kappa shape index (κ1) is 17.6. The molecule has 1 aromatic carbocycles. The first-order valence-corrected chi connectivity index (χ1v) is 11.2. The monoisotopic (exact) mass is 415 g/mol. The molecule has 8 heteroatoms. The predicted octanol–water partition coefficient (Wildman–Crippen LogP) is 4.56. The Morgan fingerprint density at radius 3 is 2.90 bits per heavy atom. The first-order chi connectivity index (χ1) is 14.8. The highest BCUT2D eigenvalue weighted by atomic mass is 32.1. The van der Waals surface area contributed by atoms with Gasteiger partial charge in [0.15, 0.2) is 11.5 Å². The maximum atomic E-state index is 5.02. The van der Waals surface area contributed by atoms with E-state index in [1.807, 2.05) is 16.0 Å². The summed E-state index contributed by atoms with van der Waals surface area (Å²) in [6.45, 7) is 4.05. The normalized spacial score (nSPS) is 16.8. The Bertz CT molecular complexity index is 1330. The van der Waals surface area contributed by atoms with Crippen molar-refractivity contribution in [2.75, 3.05) is 11.4 Å². The number of aryl methyl sites for hydroxylation is 1. The van der Waals surface area contributed by atoms with E-state index in [1.165, 1.54) is 5.52 Å². The molecule has 4 aromatic heterocycles. The van der Waals surface area contributed by atoms with Gasteiger partial charge in [0.2, 0.25) is 0 Å². The van der Waals surface area contributed by atoms with Crippen molar-refractivity contribution < 1.29 is 0 Å². The van der Waals surface area contributed by atoms with Gasteiger partial charge < -0.3 is 9.47 Å². The first-order valence-electron chi connectivity index (χ1n) is 10.3. The average Bonchev–Trinajstić information content (AvgIpc) is 3.57. The number of rotatable bonds is 4. The summed E-state index contributed by atoms with van der Waals surface area (Å²) in [5.41, 5.74) is 4.06. The zero-order valence-corrected chi connectivity index (χ0v) is 17.5. The fraction of sp³-hybridized carbons (Fsp3) is 0.273. The lowest BCUT2D eigenvalue weighted by atomic mass is 10.2. The van der Waals surface area contributed by atoms with Gasteiger partial charge in [-0.05, 0) is 55.5 Å². The minimum absolute atomic E-state index is 0.211. The average molecular weight is 416 g/mol. The van der Waals surface area contributed by atoms with Crippen LogP contribution in [0.15, 0.2) is 53.2 Å². The Balaban J connectivity index is 1.45. The molecule has 5 aromatic rings. The molecular formula is C22H21N7S. The van der Waals surface area contributed by atoms with Crippen molar-refractivity contribution in [3.05, 3.63) is 59.0 Å². The van der Waals surface area contributed by atoms with Crippen LogP contribution in [0.3, 0.4) is 0 Å². The molecule has 6 rings (SSSR count). The SMILES string of the molecule is CCn1c(C2CCCN2c2ccc3nnc(-c4ccsc4)n3n2)nc2ccccc21. The molecule has 0 bridgehead atoms. The van der Waals surface area contributed by atoms with E-state index in [1.54, 1.807) is 11.3 Å². The number of hydrogen-bond acceptors (Lipinski definition) is 6. The van der Waals surface area contributed by atoms with E-state index in [0.717, 1.165) is 60.1 Å². The van der Waals surface area contributed by atoms with Crippen molar-refractivity contribution in [3.8, 4) is 11.4 Å². The molecule has 1 aliphatic heterocycles. The zero-order valence-electron chi connectivity index (χ0n) is 16.6. The highest BCUT2D eigenvalue weighted by Gasteiger charge is 2.31. The van der Waals surface area contributed by atoms with Crippen LogP contribution < -0.4 is 4.90 Å². The summed E-state index contributed by atoms with van der Waals surface area (Å²) in [4.78, 5) is 7.39. The Morgan fingerprint density at radius 2 is 2.03 bits per heavy atom. The molecule has 1 atom stereocenters. The van der Waals surface area contributed by atoms with Gasteiger partial charge >= 0.3 is 0 Å². The van der Waals surface area contributed by atoms with Crippen molar-refractivity contribution in [3.63, 3.8) is 0 Å². The summed E-state index contributed by atoms with van der Waals surface area (Å²) < 4.78 is 4.20. The number of imidazole rings is 1. The van der Waals surface area contributed by atoms with Gasteiger partial charge in [-0.1, -0.05) is 12.1 Å². The van der Waals surface area contributed by atoms with Crippen LogP contribution in [-0.2, 0) is 6.54 Å². The van der Waals surface area contributed by atoms with Gasteiger partial charge in [-0.2, -0.15) is 15.9 Å². The van der Waals surface area contributed by atoms with Gasteiger partial charge in [-0.25, -0.2) is 4.98 Å². The van der Waals surface area contributed by atoms with Crippen molar-refractivity contribution in [2.24, 2.45) is 0 Å². The van der Waals surface area contributed by atoms with Crippen LogP contribution in [0.25, 0.3) is 28.1 Å². The Hall–Kier alpha value is -3.26. The van der Waals surface area contributed by atoms with Gasteiger partial charge in [0, 0.05) is 24.0 Å². The Morgan fingerprint density at radius 1 is 1.10 bits per heavy atom. The van der Waals surface area contributed by atoms with Crippen LogP contribution in [-0.4, -0.2) is 35.9 Å². The molecule has 0 spiro atoms. The lowest BCUT2D eigenvalue weighted by Crippen LogP contribution is -2.26. The largest absolute Gasteiger partial charge is 0.345 e. The molecule has 0 saturated carbocycles. The summed E-state index contributed by atoms with van der Waals surface area (Å²) >= 11 is 1.65. The molecule has 0 radical (unpaired) electrons. The molecule has 0 N–H and O–H groups in total. The minimum Gasteiger partial charge on any atom is -0.345 e. The number of thiophene rings is 1. The van der Waals surface area contributed by atoms with Crippen molar-refractivity contribution in [1.29, 1.82) is 0 Å². The smallest absolute Gasteiger partial charge is 0.186 e. The highest BCUT2D eigenvalue weighted by molar-refractivity contribution is 7.08. The van der Waals surface area contributed by atoms with Gasteiger partial charge in [0.25, 0.3) is 0 Å². The number of benzene rings is 1. The lowest BCUT2D eigenvalue weighted by Gasteiger charge is -2.25. The van der Waals surface area contributed by atoms with E-state index >= 15 is 0 Å². The molecule has 1 saturated heterocycles. The van der Waals surface area contributed by atoms with Crippen LogP contribution >= 0.6 is 11.3 Å². The lowest BCUT2D eigenvalue weighted by molar-refractivity contribution is 0.603. The molecule has 7 nitrogen and oxygen atoms in total. The van der Waals surface area contributed by atoms with Crippen molar-refractivity contribution in [1.82, 2.24) is 29.4 Å². The van der Waals surface area contributed by atoms with E-state index in [0.29, 0.717) is 0 Å². The van der Waals surface area contributed by atoms with E-state index in [9.17, 15) is 0 Å². The molecule has 0 amide bonds. The summed E-state index contributed by atoms with van der Waals surface area (Å²) in [5, 5.41) is 17.7. The zero-order chi connectivity index (χ0) is 20.1. The third-order valence-corrected chi connectivity index (χ3v) is 6.56. The maximum Gasteiger partial charge on any atom is 0.186 e. The molecular weight excluding hydrogens is 394 g/mol. The topological polar surface area (TPSA) is 64.1 Å². The van der Waals surface area contributed by atoms with Gasteiger partial charge in [-0.15, -0.1) is 15.3 Å². The Kier molecular flexibility index (Phi) is 4.05. The van der Waals surface area contributed by atoms with Crippen LogP contribution in [0.4, 0.5) is 5.82 Å². The summed E-state index contributed by atoms with van der Waals surface area (Å²) in [7, 11) is 0. The van der Waals surface area contributed by atoms with E-state index in [2.05, 4.69) is 68.4 Å². The fourth-order valence-corrected chi connectivity index (χ4v) is 5.13. The van der Waals surface area contributed by atoms with E-state index < -0.39 is 0 Å². The van der Waals surface area contributed by atoms with E-state index in [-0.39, 0.29) is 6.04 Å². The number of nitrogens with zero attached hydrogens (tertiary/aromatic N) is 7. The molecule has 1 aliphatic rings. The number of fused-ring (bicyclic) bond motifs is 2. The number of anilines is 1. The summed E-state index contributed by atoms with van der Waals surface area (Å²) in [6.07, 6.45) is 2.19. The summed E-state index contributed by atoms with van der Waals surface area (Å²) in [5.74, 6) is 2.85. The standard InChI is InChI=1S/C22H21N7S/c1-2-27-17-7-4-3-6-16(17)23-22(27)18-8-5-12-28(18)20-10-9-19-24-25-21(29(19)26-20)15-11-13-30-14-15/h3-4,6-7,9-11,13-14,18H,2,5,8,12H2,1H3. The van der Waals surface area contributed by atoms with Crippen LogP contribution in [0, 0.1) is 0 Å². The minimum atomic E-state index is 0.211. The quantitative estimate of drug-likeness (QED) is 0.430. The van der Waals surface area contributed by atoms with Crippen LogP contribution in [0.5, 0.6) is 0 Å². The second kappa shape index (κ2) is 6.91. The number of hydrogen-bond donors (Lipinski definition) is 0. The van der Waals surface area contributed by atoms with Crippen LogP contribution in [0.1, 0.15) is 31.6 Å². The van der Waals surface area contributed by atoms with Crippen molar-refractivity contribution in [2.45, 2.75) is 32.4 Å². The molecule has 1 unspecified atom stereocenters. The van der Waals surface area contributed by atoms with Crippen molar-refractivity contribution >= 4 is 33.8 Å². The predicted molar refractivity (Wildman–Crippen MR) is 119 cm³/mol. The highest BCUT2D eigenvalue weighted by Crippen LogP contribution is 2.36. The second-order valence-corrected chi connectivity index (χ2v) is 8.33.